The van der Waals surface area contributed by atoms with Crippen LogP contribution in [0.4, 0.5) is 10.5 Å². The Morgan fingerprint density at radius 3 is 2.56 bits per heavy atom. The third-order valence-electron chi connectivity index (χ3n) is 4.04. The van der Waals surface area contributed by atoms with Crippen molar-refractivity contribution < 1.29 is 14.4 Å². The fourth-order valence-electron chi connectivity index (χ4n) is 2.72. The van der Waals surface area contributed by atoms with Crippen molar-refractivity contribution in [1.29, 1.82) is 0 Å². The lowest BCUT2D eigenvalue weighted by Gasteiger charge is -2.22. The lowest BCUT2D eigenvalue weighted by molar-refractivity contribution is -0.133. The van der Waals surface area contributed by atoms with E-state index in [1.54, 1.807) is 55.5 Å². The van der Waals surface area contributed by atoms with Gasteiger partial charge in [0.2, 0.25) is 5.91 Å². The van der Waals surface area contributed by atoms with Gasteiger partial charge in [-0.1, -0.05) is 48.0 Å². The zero-order valence-electron chi connectivity index (χ0n) is 13.5. The van der Waals surface area contributed by atoms with Crippen LogP contribution >= 0.6 is 11.6 Å². The van der Waals surface area contributed by atoms with Gasteiger partial charge in [-0.05, 0) is 30.7 Å². The molecule has 1 unspecified atom stereocenters. The van der Waals surface area contributed by atoms with Crippen LogP contribution in [0, 0.1) is 0 Å². The fourth-order valence-corrected chi connectivity index (χ4v) is 2.91. The van der Waals surface area contributed by atoms with E-state index in [1.165, 1.54) is 0 Å². The van der Waals surface area contributed by atoms with Gasteiger partial charge in [-0.3, -0.25) is 14.5 Å². The van der Waals surface area contributed by atoms with E-state index in [4.69, 9.17) is 11.6 Å². The number of nitrogens with one attached hydrogen (secondary N) is 2. The van der Waals surface area contributed by atoms with Crippen LogP contribution in [-0.2, 0) is 15.1 Å². The number of carbonyl (C=O) groups is 3. The molecule has 0 spiro atoms. The number of hydrogen-bond acceptors (Lipinski definition) is 3. The summed E-state index contributed by atoms with van der Waals surface area (Å²) in [4.78, 5) is 38.0. The Labute approximate surface area is 149 Å². The Bertz CT molecular complexity index is 840. The summed E-state index contributed by atoms with van der Waals surface area (Å²) in [5.74, 6) is -0.951. The van der Waals surface area contributed by atoms with Crippen LogP contribution in [0.2, 0.25) is 5.02 Å². The number of urea groups is 1. The first kappa shape index (κ1) is 17.0. The van der Waals surface area contributed by atoms with Crippen molar-refractivity contribution in [3.8, 4) is 0 Å². The molecule has 2 aromatic carbocycles. The Balaban J connectivity index is 1.74. The molecule has 2 aromatic rings. The van der Waals surface area contributed by atoms with Gasteiger partial charge in [-0.2, -0.15) is 0 Å². The van der Waals surface area contributed by atoms with E-state index >= 15 is 0 Å². The van der Waals surface area contributed by atoms with Crippen LogP contribution in [-0.4, -0.2) is 29.3 Å². The predicted molar refractivity (Wildman–Crippen MR) is 94.1 cm³/mol. The molecule has 1 heterocycles. The molecule has 1 saturated heterocycles. The number of anilines is 1. The Kier molecular flexibility index (Phi) is 4.46. The predicted octanol–water partition coefficient (Wildman–Crippen LogP) is 2.75. The summed E-state index contributed by atoms with van der Waals surface area (Å²) in [5, 5.41) is 5.76. The van der Waals surface area contributed by atoms with Crippen LogP contribution in [0.25, 0.3) is 0 Å². The molecule has 1 aliphatic heterocycles. The minimum atomic E-state index is -1.19. The highest BCUT2D eigenvalue weighted by Crippen LogP contribution is 2.28. The normalized spacial score (nSPS) is 19.7. The van der Waals surface area contributed by atoms with Crippen LogP contribution in [0.15, 0.2) is 54.6 Å². The molecule has 0 aliphatic carbocycles. The van der Waals surface area contributed by atoms with Gasteiger partial charge >= 0.3 is 6.03 Å². The van der Waals surface area contributed by atoms with Crippen LogP contribution in [0.5, 0.6) is 0 Å². The molecule has 0 aromatic heterocycles. The Morgan fingerprint density at radius 2 is 1.88 bits per heavy atom. The highest BCUT2D eigenvalue weighted by atomic mass is 35.5. The zero-order chi connectivity index (χ0) is 18.0. The number of imide groups is 1. The second kappa shape index (κ2) is 6.57. The van der Waals surface area contributed by atoms with Crippen molar-refractivity contribution >= 4 is 35.1 Å². The first-order valence-corrected chi connectivity index (χ1v) is 8.03. The van der Waals surface area contributed by atoms with E-state index in [2.05, 4.69) is 10.6 Å². The van der Waals surface area contributed by atoms with Crippen LogP contribution < -0.4 is 10.6 Å². The molecule has 1 fully saturated rings. The molecule has 25 heavy (non-hydrogen) atoms. The summed E-state index contributed by atoms with van der Waals surface area (Å²) in [6.07, 6.45) is 0. The van der Waals surface area contributed by atoms with Gasteiger partial charge in [-0.25, -0.2) is 4.79 Å². The van der Waals surface area contributed by atoms with Crippen molar-refractivity contribution in [2.75, 3.05) is 11.9 Å². The number of carbonyl (C=O) groups excluding carboxylic acids is 3. The number of hydrogen-bond donors (Lipinski definition) is 2. The maximum Gasteiger partial charge on any atom is 0.325 e. The van der Waals surface area contributed by atoms with Gasteiger partial charge < -0.3 is 10.6 Å². The van der Waals surface area contributed by atoms with Crippen molar-refractivity contribution in [3.05, 3.63) is 65.2 Å². The summed E-state index contributed by atoms with van der Waals surface area (Å²) in [5.41, 5.74) is -0.0317. The fraction of sp³-hybridized carbons (Fsp3) is 0.167. The van der Waals surface area contributed by atoms with Crippen LogP contribution in [0.1, 0.15) is 12.5 Å². The lowest BCUT2D eigenvalue weighted by atomic mass is 9.92. The quantitative estimate of drug-likeness (QED) is 0.826. The zero-order valence-corrected chi connectivity index (χ0v) is 14.2. The molecule has 0 bridgehead atoms. The van der Waals surface area contributed by atoms with Gasteiger partial charge in [0, 0.05) is 10.7 Å². The minimum absolute atomic E-state index is 0.375. The van der Waals surface area contributed by atoms with E-state index in [9.17, 15) is 14.4 Å². The SMILES string of the molecule is CC1(c2ccccc2)NC(=O)N(CC(=O)Nc2cccc(Cl)c2)C1=O. The van der Waals surface area contributed by atoms with Gasteiger partial charge in [0.1, 0.15) is 12.1 Å². The van der Waals surface area contributed by atoms with Crippen molar-refractivity contribution in [2.24, 2.45) is 0 Å². The maximum atomic E-state index is 12.7. The highest BCUT2D eigenvalue weighted by molar-refractivity contribution is 6.30. The minimum Gasteiger partial charge on any atom is -0.324 e. The lowest BCUT2D eigenvalue weighted by Crippen LogP contribution is -2.42. The summed E-state index contributed by atoms with van der Waals surface area (Å²) >= 11 is 5.87. The monoisotopic (exact) mass is 357 g/mol. The van der Waals surface area contributed by atoms with E-state index in [1.807, 2.05) is 6.07 Å². The van der Waals surface area contributed by atoms with Crippen molar-refractivity contribution in [1.82, 2.24) is 10.2 Å². The molecular formula is C18H16ClN3O3. The van der Waals surface area contributed by atoms with Crippen molar-refractivity contribution in [3.63, 3.8) is 0 Å². The number of benzene rings is 2. The second-order valence-corrected chi connectivity index (χ2v) is 6.31. The number of rotatable bonds is 4. The summed E-state index contributed by atoms with van der Waals surface area (Å²) < 4.78 is 0. The standard InChI is InChI=1S/C18H16ClN3O3/c1-18(12-6-3-2-4-7-12)16(24)22(17(25)21-18)11-15(23)20-14-9-5-8-13(19)10-14/h2-10H,11H2,1H3,(H,20,23)(H,21,25). The van der Waals surface area contributed by atoms with Gasteiger partial charge in [0.05, 0.1) is 0 Å². The molecule has 0 radical (unpaired) electrons. The maximum absolute atomic E-state index is 12.7. The second-order valence-electron chi connectivity index (χ2n) is 5.87. The highest BCUT2D eigenvalue weighted by Gasteiger charge is 2.49. The van der Waals surface area contributed by atoms with E-state index in [0.29, 0.717) is 16.3 Å². The number of halogens is 1. The molecule has 3 rings (SSSR count). The molecule has 6 nitrogen and oxygen atoms in total. The first-order chi connectivity index (χ1) is 11.9. The molecule has 0 saturated carbocycles. The number of nitrogens with zero attached hydrogens (tertiary/aromatic N) is 1. The smallest absolute Gasteiger partial charge is 0.324 e. The number of amides is 4. The molecule has 128 valence electrons. The van der Waals surface area contributed by atoms with Gasteiger partial charge in [-0.15, -0.1) is 0 Å². The first-order valence-electron chi connectivity index (χ1n) is 7.65. The summed E-state index contributed by atoms with van der Waals surface area (Å²) in [7, 11) is 0. The molecule has 2 N–H and O–H groups in total. The third-order valence-corrected chi connectivity index (χ3v) is 4.27. The Hall–Kier alpha value is -2.86. The topological polar surface area (TPSA) is 78.5 Å². The Morgan fingerprint density at radius 1 is 1.16 bits per heavy atom. The molecular weight excluding hydrogens is 342 g/mol. The summed E-state index contributed by atoms with van der Waals surface area (Å²) in [6.45, 7) is 1.25. The third kappa shape index (κ3) is 3.34. The molecule has 1 atom stereocenters. The largest absolute Gasteiger partial charge is 0.325 e. The average molecular weight is 358 g/mol. The molecule has 4 amide bonds. The molecule has 1 aliphatic rings. The van der Waals surface area contributed by atoms with Crippen LogP contribution in [0.3, 0.4) is 0 Å². The van der Waals surface area contributed by atoms with Gasteiger partial charge in [0.25, 0.3) is 5.91 Å². The van der Waals surface area contributed by atoms with Crippen molar-refractivity contribution in [2.45, 2.75) is 12.5 Å². The average Bonchev–Trinajstić information content (AvgIpc) is 2.80. The summed E-state index contributed by atoms with van der Waals surface area (Å²) in [6, 6.07) is 14.9. The van der Waals surface area contributed by atoms with Gasteiger partial charge in [0.15, 0.2) is 0 Å². The van der Waals surface area contributed by atoms with E-state index < -0.39 is 23.4 Å². The molecule has 7 heteroatoms. The van der Waals surface area contributed by atoms with E-state index in [-0.39, 0.29) is 6.54 Å². The van der Waals surface area contributed by atoms with E-state index in [0.717, 1.165) is 4.90 Å².